The summed E-state index contributed by atoms with van der Waals surface area (Å²) in [4.78, 5) is 18.0. The summed E-state index contributed by atoms with van der Waals surface area (Å²) in [7, 11) is 3.05. The Balaban J connectivity index is 1.96. The van der Waals surface area contributed by atoms with E-state index in [0.717, 1.165) is 0 Å². The highest BCUT2D eigenvalue weighted by Gasteiger charge is 2.14. The number of aromatic hydroxyl groups is 1. The van der Waals surface area contributed by atoms with Crippen molar-refractivity contribution in [2.45, 2.75) is 0 Å². The number of hydrogen-bond acceptors (Lipinski definition) is 5. The molecule has 6 nitrogen and oxygen atoms in total. The molecule has 1 heterocycles. The van der Waals surface area contributed by atoms with Crippen molar-refractivity contribution in [1.82, 2.24) is 9.55 Å². The first-order valence-corrected chi connectivity index (χ1v) is 9.33. The van der Waals surface area contributed by atoms with Crippen molar-refractivity contribution in [3.05, 3.63) is 88.5 Å². The maximum Gasteiger partial charge on any atom is 0.266 e. The van der Waals surface area contributed by atoms with Crippen molar-refractivity contribution in [1.29, 1.82) is 0 Å². The largest absolute Gasteiger partial charge is 0.504 e. The van der Waals surface area contributed by atoms with Crippen molar-refractivity contribution >= 4 is 23.1 Å². The van der Waals surface area contributed by atoms with Gasteiger partial charge in [0, 0.05) is 5.56 Å². The van der Waals surface area contributed by atoms with Crippen LogP contribution in [0.2, 0.25) is 0 Å². The van der Waals surface area contributed by atoms with Gasteiger partial charge in [-0.15, -0.1) is 0 Å². The van der Waals surface area contributed by atoms with Crippen molar-refractivity contribution in [3.63, 3.8) is 0 Å². The Morgan fingerprint density at radius 2 is 1.57 bits per heavy atom. The summed E-state index contributed by atoms with van der Waals surface area (Å²) < 4.78 is 12.1. The molecular weight excluding hydrogens is 380 g/mol. The molecule has 3 aromatic carbocycles. The minimum absolute atomic E-state index is 0.0169. The van der Waals surface area contributed by atoms with Crippen LogP contribution in [0, 0.1) is 0 Å². The average Bonchev–Trinajstić information content (AvgIpc) is 2.78. The molecule has 0 saturated heterocycles. The van der Waals surface area contributed by atoms with E-state index in [-0.39, 0.29) is 11.3 Å². The van der Waals surface area contributed by atoms with Crippen molar-refractivity contribution in [3.8, 4) is 22.9 Å². The predicted molar refractivity (Wildman–Crippen MR) is 117 cm³/mol. The minimum atomic E-state index is -0.209. The lowest BCUT2D eigenvalue weighted by Gasteiger charge is -2.14. The third kappa shape index (κ3) is 3.39. The Labute approximate surface area is 173 Å². The topological polar surface area (TPSA) is 73.6 Å². The van der Waals surface area contributed by atoms with Crippen LogP contribution < -0.4 is 15.0 Å². The molecule has 6 heteroatoms. The van der Waals surface area contributed by atoms with Crippen LogP contribution in [0.1, 0.15) is 11.4 Å². The molecule has 0 radical (unpaired) electrons. The van der Waals surface area contributed by atoms with Crippen LogP contribution in [0.15, 0.2) is 71.5 Å². The standard InChI is InChI=1S/C24H20N2O4/c1-29-20-12-6-5-11-19(20)26-22(25-18-10-4-3-9-17(18)24(26)28)15-14-16-8-7-13-21(30-2)23(16)27/h3-15,27H,1-2H3. The van der Waals surface area contributed by atoms with E-state index in [0.29, 0.717) is 39.5 Å². The van der Waals surface area contributed by atoms with Crippen LogP contribution in [0.3, 0.4) is 0 Å². The summed E-state index contributed by atoms with van der Waals surface area (Å²) in [6.07, 6.45) is 3.38. The molecule has 0 saturated carbocycles. The van der Waals surface area contributed by atoms with Crippen molar-refractivity contribution in [2.24, 2.45) is 0 Å². The number of phenols is 1. The number of nitrogens with zero attached hydrogens (tertiary/aromatic N) is 2. The fraction of sp³-hybridized carbons (Fsp3) is 0.0833. The second kappa shape index (κ2) is 8.13. The molecule has 1 aromatic heterocycles. The average molecular weight is 400 g/mol. The van der Waals surface area contributed by atoms with Gasteiger partial charge in [-0.3, -0.25) is 9.36 Å². The van der Waals surface area contributed by atoms with Crippen LogP contribution in [-0.2, 0) is 0 Å². The predicted octanol–water partition coefficient (Wildman–Crippen LogP) is 4.28. The lowest BCUT2D eigenvalue weighted by Crippen LogP contribution is -2.22. The van der Waals surface area contributed by atoms with Gasteiger partial charge in [0.05, 0.1) is 30.8 Å². The molecule has 0 fully saturated rings. The molecular formula is C24H20N2O4. The van der Waals surface area contributed by atoms with Gasteiger partial charge in [0.25, 0.3) is 5.56 Å². The van der Waals surface area contributed by atoms with Crippen LogP contribution in [0.25, 0.3) is 28.7 Å². The molecule has 0 aliphatic rings. The molecule has 0 bridgehead atoms. The number of benzene rings is 3. The Kier molecular flexibility index (Phi) is 5.22. The zero-order valence-electron chi connectivity index (χ0n) is 16.6. The summed E-state index contributed by atoms with van der Waals surface area (Å²) >= 11 is 0. The molecule has 30 heavy (non-hydrogen) atoms. The zero-order chi connectivity index (χ0) is 21.1. The van der Waals surface area contributed by atoms with Gasteiger partial charge >= 0.3 is 0 Å². The smallest absolute Gasteiger partial charge is 0.266 e. The third-order valence-corrected chi connectivity index (χ3v) is 4.79. The summed E-state index contributed by atoms with van der Waals surface area (Å²) in [6.45, 7) is 0. The van der Waals surface area contributed by atoms with Gasteiger partial charge in [0.2, 0.25) is 0 Å². The van der Waals surface area contributed by atoms with E-state index in [1.54, 1.807) is 61.7 Å². The fourth-order valence-corrected chi connectivity index (χ4v) is 3.31. The summed E-state index contributed by atoms with van der Waals surface area (Å²) in [5.74, 6) is 1.34. The Morgan fingerprint density at radius 3 is 2.37 bits per heavy atom. The first kappa shape index (κ1) is 19.3. The summed E-state index contributed by atoms with van der Waals surface area (Å²) in [6, 6.07) is 19.7. The zero-order valence-corrected chi connectivity index (χ0v) is 16.6. The van der Waals surface area contributed by atoms with E-state index in [9.17, 15) is 9.90 Å². The summed E-state index contributed by atoms with van der Waals surface area (Å²) in [5.41, 5.74) is 1.50. The lowest BCUT2D eigenvalue weighted by atomic mass is 10.1. The van der Waals surface area contributed by atoms with Gasteiger partial charge in [-0.2, -0.15) is 0 Å². The second-order valence-electron chi connectivity index (χ2n) is 6.53. The van der Waals surface area contributed by atoms with E-state index in [1.807, 2.05) is 24.3 Å². The molecule has 0 unspecified atom stereocenters. The molecule has 150 valence electrons. The molecule has 0 spiro atoms. The Hall–Kier alpha value is -4.06. The van der Waals surface area contributed by atoms with Crippen LogP contribution in [0.5, 0.6) is 17.2 Å². The number of ether oxygens (including phenoxy) is 2. The number of para-hydroxylation sites is 4. The number of fused-ring (bicyclic) bond motifs is 1. The van der Waals surface area contributed by atoms with E-state index in [4.69, 9.17) is 9.47 Å². The molecule has 0 atom stereocenters. The monoisotopic (exact) mass is 400 g/mol. The highest BCUT2D eigenvalue weighted by molar-refractivity contribution is 5.81. The molecule has 4 aromatic rings. The molecule has 1 N–H and O–H groups in total. The third-order valence-electron chi connectivity index (χ3n) is 4.79. The first-order valence-electron chi connectivity index (χ1n) is 9.33. The molecule has 0 amide bonds. The number of rotatable bonds is 5. The number of methoxy groups -OCH3 is 2. The summed E-state index contributed by atoms with van der Waals surface area (Å²) in [5, 5.41) is 10.9. The van der Waals surface area contributed by atoms with Gasteiger partial charge in [-0.05, 0) is 42.5 Å². The molecule has 4 rings (SSSR count). The first-order chi connectivity index (χ1) is 14.6. The van der Waals surface area contributed by atoms with E-state index < -0.39 is 0 Å². The Bertz CT molecular complexity index is 1310. The highest BCUT2D eigenvalue weighted by atomic mass is 16.5. The molecule has 0 aliphatic carbocycles. The quantitative estimate of drug-likeness (QED) is 0.541. The SMILES string of the molecule is COc1ccccc1-n1c(C=Cc2cccc(OC)c2O)nc2ccccc2c1=O. The lowest BCUT2D eigenvalue weighted by molar-refractivity contribution is 0.373. The maximum absolute atomic E-state index is 13.4. The van der Waals surface area contributed by atoms with Gasteiger partial charge in [-0.25, -0.2) is 4.98 Å². The number of hydrogen-bond donors (Lipinski definition) is 1. The highest BCUT2D eigenvalue weighted by Crippen LogP contribution is 2.31. The van der Waals surface area contributed by atoms with Gasteiger partial charge < -0.3 is 14.6 Å². The minimum Gasteiger partial charge on any atom is -0.504 e. The van der Waals surface area contributed by atoms with Gasteiger partial charge in [0.15, 0.2) is 11.5 Å². The molecule has 0 aliphatic heterocycles. The van der Waals surface area contributed by atoms with Gasteiger partial charge in [-0.1, -0.05) is 36.4 Å². The van der Waals surface area contributed by atoms with Crippen LogP contribution in [-0.4, -0.2) is 28.9 Å². The van der Waals surface area contributed by atoms with E-state index >= 15 is 0 Å². The Morgan fingerprint density at radius 1 is 0.867 bits per heavy atom. The van der Waals surface area contributed by atoms with Crippen molar-refractivity contribution < 1.29 is 14.6 Å². The maximum atomic E-state index is 13.4. The van der Waals surface area contributed by atoms with Gasteiger partial charge in [0.1, 0.15) is 11.6 Å². The normalized spacial score (nSPS) is 11.1. The fourth-order valence-electron chi connectivity index (χ4n) is 3.31. The van der Waals surface area contributed by atoms with Crippen LogP contribution in [0.4, 0.5) is 0 Å². The van der Waals surface area contributed by atoms with Crippen molar-refractivity contribution in [2.75, 3.05) is 14.2 Å². The van der Waals surface area contributed by atoms with E-state index in [1.165, 1.54) is 11.7 Å². The number of aromatic nitrogens is 2. The second-order valence-corrected chi connectivity index (χ2v) is 6.53. The van der Waals surface area contributed by atoms with E-state index in [2.05, 4.69) is 4.98 Å². The number of phenolic OH excluding ortho intramolecular Hbond substituents is 1. The van der Waals surface area contributed by atoms with Crippen LogP contribution >= 0.6 is 0 Å².